The van der Waals surface area contributed by atoms with Crippen molar-refractivity contribution in [3.05, 3.63) is 69.9 Å². The molecule has 1 saturated heterocycles. The van der Waals surface area contributed by atoms with Gasteiger partial charge in [-0.15, -0.1) is 0 Å². The molecule has 2 aromatic carbocycles. The lowest BCUT2D eigenvalue weighted by Gasteiger charge is -2.34. The van der Waals surface area contributed by atoms with E-state index in [-0.39, 0.29) is 48.2 Å². The number of nitrogens with zero attached hydrogens (tertiary/aromatic N) is 5. The molecule has 0 saturated carbocycles. The zero-order valence-corrected chi connectivity index (χ0v) is 19.9. The third kappa shape index (κ3) is 4.31. The second-order valence-electron chi connectivity index (χ2n) is 8.39. The number of benzene rings is 2. The van der Waals surface area contributed by atoms with Crippen molar-refractivity contribution in [2.45, 2.75) is 11.8 Å². The highest BCUT2D eigenvalue weighted by Crippen LogP contribution is 2.28. The Labute approximate surface area is 197 Å². The first-order chi connectivity index (χ1) is 16.1. The molecule has 1 aliphatic rings. The highest BCUT2D eigenvalue weighted by atomic mass is 32.2. The summed E-state index contributed by atoms with van der Waals surface area (Å²) in [5.74, 6) is -0.369. The molecule has 1 aromatic heterocycles. The van der Waals surface area contributed by atoms with Crippen LogP contribution in [0.4, 0.5) is 11.4 Å². The van der Waals surface area contributed by atoms with E-state index in [1.807, 2.05) is 19.1 Å². The first kappa shape index (κ1) is 23.6. The third-order valence-electron chi connectivity index (χ3n) is 5.86. The van der Waals surface area contributed by atoms with Gasteiger partial charge in [-0.2, -0.15) is 4.31 Å². The molecular weight excluding hydrogens is 458 g/mol. The summed E-state index contributed by atoms with van der Waals surface area (Å²) in [6.07, 6.45) is 1.64. The first-order valence-corrected chi connectivity index (χ1v) is 12.1. The molecule has 2 heterocycles. The summed E-state index contributed by atoms with van der Waals surface area (Å²) < 4.78 is 28.1. The Kier molecular flexibility index (Phi) is 6.24. The van der Waals surface area contributed by atoms with Crippen LogP contribution in [0, 0.1) is 17.0 Å². The number of nitro groups is 1. The smallest absolute Gasteiger partial charge is 0.270 e. The first-order valence-electron chi connectivity index (χ1n) is 10.7. The van der Waals surface area contributed by atoms with Crippen molar-refractivity contribution >= 4 is 38.2 Å². The van der Waals surface area contributed by atoms with Crippen LogP contribution in [0.15, 0.2) is 53.6 Å². The number of sulfonamides is 1. The molecule has 11 heteroatoms. The fourth-order valence-corrected chi connectivity index (χ4v) is 5.68. The predicted molar refractivity (Wildman–Crippen MR) is 129 cm³/mol. The Hall–Kier alpha value is -3.57. The number of anilines is 1. The van der Waals surface area contributed by atoms with Crippen LogP contribution >= 0.6 is 0 Å². The van der Waals surface area contributed by atoms with Gasteiger partial charge in [-0.3, -0.25) is 19.9 Å². The molecule has 0 bridgehead atoms. The summed E-state index contributed by atoms with van der Waals surface area (Å²) >= 11 is 0. The van der Waals surface area contributed by atoms with E-state index >= 15 is 0 Å². The van der Waals surface area contributed by atoms with Gasteiger partial charge < -0.3 is 9.80 Å². The number of amides is 1. The lowest BCUT2D eigenvalue weighted by Crippen LogP contribution is -2.50. The van der Waals surface area contributed by atoms with E-state index in [9.17, 15) is 23.3 Å². The number of aromatic nitrogens is 1. The lowest BCUT2D eigenvalue weighted by molar-refractivity contribution is -0.384. The molecule has 3 aromatic rings. The number of piperazine rings is 1. The van der Waals surface area contributed by atoms with E-state index in [1.165, 1.54) is 21.3 Å². The Bertz CT molecular complexity index is 1380. The molecule has 0 atom stereocenters. The van der Waals surface area contributed by atoms with Gasteiger partial charge in [0.15, 0.2) is 0 Å². The largest absolute Gasteiger partial charge is 0.377 e. The van der Waals surface area contributed by atoms with Crippen LogP contribution < -0.4 is 4.90 Å². The summed E-state index contributed by atoms with van der Waals surface area (Å²) in [5, 5.41) is 12.0. The molecule has 0 spiro atoms. The maximum atomic E-state index is 13.4. The SMILES string of the molecule is Cc1cnc2c(S(=O)(=O)N3CCN(C(=O)c4cc([N+](=O)[O-])ccc4N(C)C)CC3)cccc2c1. The van der Waals surface area contributed by atoms with Crippen LogP contribution in [-0.4, -0.2) is 73.7 Å². The summed E-state index contributed by atoms with van der Waals surface area (Å²) in [7, 11) is -0.315. The molecule has 0 unspecified atom stereocenters. The molecule has 178 valence electrons. The quantitative estimate of drug-likeness (QED) is 0.404. The van der Waals surface area contributed by atoms with E-state index < -0.39 is 14.9 Å². The second kappa shape index (κ2) is 8.99. The molecule has 1 amide bonds. The molecule has 1 fully saturated rings. The van der Waals surface area contributed by atoms with Crippen LogP contribution in [0.3, 0.4) is 0 Å². The van der Waals surface area contributed by atoms with Crippen LogP contribution in [0.2, 0.25) is 0 Å². The zero-order valence-electron chi connectivity index (χ0n) is 19.1. The van der Waals surface area contributed by atoms with Gasteiger partial charge in [0.1, 0.15) is 4.90 Å². The second-order valence-corrected chi connectivity index (χ2v) is 10.3. The van der Waals surface area contributed by atoms with Crippen LogP contribution in [0.25, 0.3) is 10.9 Å². The lowest BCUT2D eigenvalue weighted by atomic mass is 10.1. The Morgan fingerprint density at radius 2 is 1.79 bits per heavy atom. The average molecular weight is 484 g/mol. The Morgan fingerprint density at radius 3 is 2.44 bits per heavy atom. The number of pyridine rings is 1. The number of nitro benzene ring substituents is 1. The van der Waals surface area contributed by atoms with Crippen molar-refractivity contribution in [1.82, 2.24) is 14.2 Å². The Balaban J connectivity index is 1.57. The van der Waals surface area contributed by atoms with Crippen molar-refractivity contribution in [2.75, 3.05) is 45.2 Å². The number of para-hydroxylation sites is 1. The minimum absolute atomic E-state index is 0.114. The summed E-state index contributed by atoms with van der Waals surface area (Å²) in [5.41, 5.74) is 1.95. The fourth-order valence-electron chi connectivity index (χ4n) is 4.09. The number of non-ortho nitro benzene ring substituents is 1. The minimum Gasteiger partial charge on any atom is -0.377 e. The molecule has 10 nitrogen and oxygen atoms in total. The normalized spacial score (nSPS) is 14.9. The van der Waals surface area contributed by atoms with E-state index in [0.717, 1.165) is 10.9 Å². The van der Waals surface area contributed by atoms with Crippen molar-refractivity contribution < 1.29 is 18.1 Å². The highest BCUT2D eigenvalue weighted by Gasteiger charge is 2.33. The molecule has 0 aliphatic carbocycles. The number of hydrogen-bond donors (Lipinski definition) is 0. The number of rotatable bonds is 5. The molecule has 4 rings (SSSR count). The topological polar surface area (TPSA) is 117 Å². The maximum absolute atomic E-state index is 13.4. The number of carbonyl (C=O) groups excluding carboxylic acids is 1. The van der Waals surface area contributed by atoms with E-state index in [4.69, 9.17) is 0 Å². The van der Waals surface area contributed by atoms with Crippen LogP contribution in [0.1, 0.15) is 15.9 Å². The van der Waals surface area contributed by atoms with Crippen molar-refractivity contribution in [1.29, 1.82) is 0 Å². The van der Waals surface area contributed by atoms with Gasteiger partial charge in [-0.1, -0.05) is 12.1 Å². The van der Waals surface area contributed by atoms with Gasteiger partial charge in [0, 0.05) is 69.7 Å². The van der Waals surface area contributed by atoms with E-state index in [1.54, 1.807) is 43.4 Å². The fraction of sp³-hybridized carbons (Fsp3) is 0.304. The summed E-state index contributed by atoms with van der Waals surface area (Å²) in [4.78, 5) is 31.6. The van der Waals surface area contributed by atoms with Gasteiger partial charge >= 0.3 is 0 Å². The Morgan fingerprint density at radius 1 is 1.09 bits per heavy atom. The van der Waals surface area contributed by atoms with Crippen LogP contribution in [0.5, 0.6) is 0 Å². The summed E-state index contributed by atoms with van der Waals surface area (Å²) in [6.45, 7) is 2.47. The van der Waals surface area contributed by atoms with Crippen molar-refractivity contribution in [3.8, 4) is 0 Å². The molecule has 1 aliphatic heterocycles. The molecule has 34 heavy (non-hydrogen) atoms. The number of aryl methyl sites for hydroxylation is 1. The predicted octanol–water partition coefficient (Wildman–Crippen LogP) is 2.66. The van der Waals surface area contributed by atoms with Gasteiger partial charge in [-0.25, -0.2) is 8.42 Å². The third-order valence-corrected chi connectivity index (χ3v) is 7.79. The standard InChI is InChI=1S/C23H25N5O5S/c1-16-13-17-5-4-6-21(22(17)24-15-16)34(32,33)27-11-9-26(10-12-27)23(29)19-14-18(28(30)31)7-8-20(19)25(2)3/h4-8,13-15H,9-12H2,1-3H3. The van der Waals surface area contributed by atoms with Crippen molar-refractivity contribution in [2.24, 2.45) is 0 Å². The van der Waals surface area contributed by atoms with Crippen molar-refractivity contribution in [3.63, 3.8) is 0 Å². The van der Waals surface area contributed by atoms with Crippen LogP contribution in [-0.2, 0) is 10.0 Å². The summed E-state index contributed by atoms with van der Waals surface area (Å²) in [6, 6.07) is 11.1. The van der Waals surface area contributed by atoms with Gasteiger partial charge in [0.2, 0.25) is 10.0 Å². The van der Waals surface area contributed by atoms with Gasteiger partial charge in [0.05, 0.1) is 16.0 Å². The molecule has 0 N–H and O–H groups in total. The average Bonchev–Trinajstić information content (AvgIpc) is 2.82. The highest BCUT2D eigenvalue weighted by molar-refractivity contribution is 7.89. The minimum atomic E-state index is -3.82. The molecule has 0 radical (unpaired) electrons. The van der Waals surface area contributed by atoms with Gasteiger partial charge in [-0.05, 0) is 30.7 Å². The monoisotopic (exact) mass is 483 g/mol. The molecular formula is C23H25N5O5S. The van der Waals surface area contributed by atoms with E-state index in [2.05, 4.69) is 4.98 Å². The number of carbonyl (C=O) groups is 1. The number of hydrogen-bond acceptors (Lipinski definition) is 7. The number of fused-ring (bicyclic) bond motifs is 1. The van der Waals surface area contributed by atoms with E-state index in [0.29, 0.717) is 11.2 Å². The maximum Gasteiger partial charge on any atom is 0.270 e. The van der Waals surface area contributed by atoms with Gasteiger partial charge in [0.25, 0.3) is 11.6 Å². The zero-order chi connectivity index (χ0) is 24.6.